The zero-order chi connectivity index (χ0) is 17.4. The van der Waals surface area contributed by atoms with Crippen LogP contribution in [0.15, 0.2) is 48.5 Å². The molecular weight excluding hydrogens is 313 g/mol. The van der Waals surface area contributed by atoms with Crippen molar-refractivity contribution in [2.75, 3.05) is 13.2 Å². The number of hydrogen-bond acceptors (Lipinski definition) is 4. The Labute approximate surface area is 139 Å². The van der Waals surface area contributed by atoms with Crippen molar-refractivity contribution in [3.63, 3.8) is 0 Å². The van der Waals surface area contributed by atoms with Gasteiger partial charge in [0.25, 0.3) is 5.91 Å². The van der Waals surface area contributed by atoms with Crippen LogP contribution in [0.1, 0.15) is 22.8 Å². The van der Waals surface area contributed by atoms with E-state index in [1.807, 2.05) is 0 Å². The smallest absolute Gasteiger partial charge is 0.338 e. The van der Waals surface area contributed by atoms with Crippen LogP contribution in [-0.4, -0.2) is 25.1 Å². The molecule has 2 rings (SSSR count). The summed E-state index contributed by atoms with van der Waals surface area (Å²) >= 11 is 0. The number of amides is 1. The standard InChI is InChI=1S/C18H18FNO4/c1-2-23-18(22)13-7-9-15(10-8-13)24-12-17(21)20-11-14-5-3-4-6-16(14)19/h3-10H,2,11-12H2,1H3,(H,20,21). The number of carbonyl (C=O) groups is 2. The minimum Gasteiger partial charge on any atom is -0.484 e. The summed E-state index contributed by atoms with van der Waals surface area (Å²) < 4.78 is 23.6. The van der Waals surface area contributed by atoms with E-state index in [1.165, 1.54) is 6.07 Å². The fourth-order valence-corrected chi connectivity index (χ4v) is 1.94. The largest absolute Gasteiger partial charge is 0.484 e. The van der Waals surface area contributed by atoms with Crippen molar-refractivity contribution in [2.24, 2.45) is 0 Å². The summed E-state index contributed by atoms with van der Waals surface area (Å²) in [5.41, 5.74) is 0.817. The van der Waals surface area contributed by atoms with Gasteiger partial charge >= 0.3 is 5.97 Å². The second-order valence-electron chi connectivity index (χ2n) is 4.90. The topological polar surface area (TPSA) is 64.6 Å². The lowest BCUT2D eigenvalue weighted by molar-refractivity contribution is -0.123. The first-order valence-electron chi connectivity index (χ1n) is 7.50. The molecule has 0 aliphatic carbocycles. The van der Waals surface area contributed by atoms with Gasteiger partial charge in [-0.1, -0.05) is 18.2 Å². The lowest BCUT2D eigenvalue weighted by Gasteiger charge is -2.08. The average molecular weight is 331 g/mol. The molecule has 0 saturated carbocycles. The van der Waals surface area contributed by atoms with Gasteiger partial charge in [-0.3, -0.25) is 4.79 Å². The molecule has 0 saturated heterocycles. The molecule has 126 valence electrons. The molecule has 2 aromatic rings. The van der Waals surface area contributed by atoms with Crippen molar-refractivity contribution in [1.82, 2.24) is 5.32 Å². The maximum atomic E-state index is 13.4. The van der Waals surface area contributed by atoms with Crippen molar-refractivity contribution in [3.8, 4) is 5.75 Å². The van der Waals surface area contributed by atoms with Crippen molar-refractivity contribution in [3.05, 3.63) is 65.5 Å². The third-order valence-electron chi connectivity index (χ3n) is 3.17. The molecule has 0 unspecified atom stereocenters. The van der Waals surface area contributed by atoms with E-state index in [0.717, 1.165) is 0 Å². The van der Waals surface area contributed by atoms with E-state index in [-0.39, 0.29) is 24.9 Å². The van der Waals surface area contributed by atoms with Gasteiger partial charge in [0.1, 0.15) is 11.6 Å². The number of hydrogen-bond donors (Lipinski definition) is 1. The van der Waals surface area contributed by atoms with E-state index in [2.05, 4.69) is 5.32 Å². The zero-order valence-electron chi connectivity index (χ0n) is 13.3. The summed E-state index contributed by atoms with van der Waals surface area (Å²) in [5, 5.41) is 2.58. The van der Waals surface area contributed by atoms with Crippen LogP contribution < -0.4 is 10.1 Å². The number of halogens is 1. The van der Waals surface area contributed by atoms with Crippen molar-refractivity contribution >= 4 is 11.9 Å². The average Bonchev–Trinajstić information content (AvgIpc) is 2.60. The van der Waals surface area contributed by atoms with Crippen molar-refractivity contribution in [2.45, 2.75) is 13.5 Å². The Balaban J connectivity index is 1.79. The van der Waals surface area contributed by atoms with Crippen molar-refractivity contribution < 1.29 is 23.5 Å². The predicted octanol–water partition coefficient (Wildman–Crippen LogP) is 2.70. The second-order valence-corrected chi connectivity index (χ2v) is 4.90. The molecule has 0 radical (unpaired) electrons. The van der Waals surface area contributed by atoms with Crippen LogP contribution in [0, 0.1) is 5.82 Å². The first-order valence-corrected chi connectivity index (χ1v) is 7.50. The van der Waals surface area contributed by atoms with Crippen LogP contribution in [0.5, 0.6) is 5.75 Å². The normalized spacial score (nSPS) is 10.1. The first-order chi connectivity index (χ1) is 11.6. The highest BCUT2D eigenvalue weighted by molar-refractivity contribution is 5.89. The second kappa shape index (κ2) is 8.67. The number of benzene rings is 2. The molecule has 0 atom stereocenters. The van der Waals surface area contributed by atoms with Crippen LogP contribution >= 0.6 is 0 Å². The van der Waals surface area contributed by atoms with Gasteiger partial charge in [-0.15, -0.1) is 0 Å². The number of ether oxygens (including phenoxy) is 2. The summed E-state index contributed by atoms with van der Waals surface area (Å²) in [5.74, 6) is -0.697. The molecule has 0 aliphatic rings. The molecule has 0 aliphatic heterocycles. The van der Waals surface area contributed by atoms with E-state index in [0.29, 0.717) is 23.5 Å². The van der Waals surface area contributed by atoms with Gasteiger partial charge < -0.3 is 14.8 Å². The Hall–Kier alpha value is -2.89. The summed E-state index contributed by atoms with van der Waals surface area (Å²) in [4.78, 5) is 23.2. The Morgan fingerprint density at radius 2 is 1.79 bits per heavy atom. The molecule has 5 nitrogen and oxygen atoms in total. The van der Waals surface area contributed by atoms with E-state index < -0.39 is 5.97 Å². The molecule has 1 N–H and O–H groups in total. The van der Waals surface area contributed by atoms with Crippen LogP contribution in [0.2, 0.25) is 0 Å². The first kappa shape index (κ1) is 17.5. The monoisotopic (exact) mass is 331 g/mol. The Bertz CT molecular complexity index is 700. The molecule has 0 aromatic heterocycles. The maximum absolute atomic E-state index is 13.4. The number of carbonyl (C=O) groups excluding carboxylic acids is 2. The van der Waals surface area contributed by atoms with Gasteiger partial charge in [0, 0.05) is 12.1 Å². The van der Waals surface area contributed by atoms with Gasteiger partial charge in [-0.05, 0) is 37.3 Å². The van der Waals surface area contributed by atoms with Gasteiger partial charge in [0.05, 0.1) is 12.2 Å². The fourth-order valence-electron chi connectivity index (χ4n) is 1.94. The lowest BCUT2D eigenvalue weighted by atomic mass is 10.2. The van der Waals surface area contributed by atoms with Gasteiger partial charge in [0.15, 0.2) is 6.61 Å². The number of nitrogens with one attached hydrogen (secondary N) is 1. The molecule has 0 spiro atoms. The van der Waals surface area contributed by atoms with E-state index in [1.54, 1.807) is 49.4 Å². The zero-order valence-corrected chi connectivity index (χ0v) is 13.3. The molecule has 0 fully saturated rings. The summed E-state index contributed by atoms with van der Waals surface area (Å²) in [6, 6.07) is 12.5. The third kappa shape index (κ3) is 5.08. The quantitative estimate of drug-likeness (QED) is 0.792. The highest BCUT2D eigenvalue weighted by atomic mass is 19.1. The van der Waals surface area contributed by atoms with E-state index in [4.69, 9.17) is 9.47 Å². The summed E-state index contributed by atoms with van der Waals surface area (Å²) in [6.07, 6.45) is 0. The molecule has 0 heterocycles. The minimum atomic E-state index is -0.410. The minimum absolute atomic E-state index is 0.0939. The molecule has 24 heavy (non-hydrogen) atoms. The van der Waals surface area contributed by atoms with E-state index >= 15 is 0 Å². The van der Waals surface area contributed by atoms with Crippen LogP contribution in [0.3, 0.4) is 0 Å². The van der Waals surface area contributed by atoms with Crippen molar-refractivity contribution in [1.29, 1.82) is 0 Å². The third-order valence-corrected chi connectivity index (χ3v) is 3.17. The van der Waals surface area contributed by atoms with Gasteiger partial charge in [-0.25, -0.2) is 9.18 Å². The highest BCUT2D eigenvalue weighted by Crippen LogP contribution is 2.13. The van der Waals surface area contributed by atoms with Gasteiger partial charge in [0.2, 0.25) is 0 Å². The van der Waals surface area contributed by atoms with E-state index in [9.17, 15) is 14.0 Å². The van der Waals surface area contributed by atoms with Crippen LogP contribution in [0.25, 0.3) is 0 Å². The van der Waals surface area contributed by atoms with Gasteiger partial charge in [-0.2, -0.15) is 0 Å². The lowest BCUT2D eigenvalue weighted by Crippen LogP contribution is -2.28. The summed E-state index contributed by atoms with van der Waals surface area (Å²) in [6.45, 7) is 1.93. The van der Waals surface area contributed by atoms with Crippen LogP contribution in [0.4, 0.5) is 4.39 Å². The Morgan fingerprint density at radius 3 is 2.46 bits per heavy atom. The SMILES string of the molecule is CCOC(=O)c1ccc(OCC(=O)NCc2ccccc2F)cc1. The Morgan fingerprint density at radius 1 is 1.08 bits per heavy atom. The number of esters is 1. The molecule has 2 aromatic carbocycles. The number of rotatable bonds is 7. The van der Waals surface area contributed by atoms with Crippen LogP contribution in [-0.2, 0) is 16.1 Å². The Kier molecular flexibility index (Phi) is 6.31. The molecule has 0 bridgehead atoms. The highest BCUT2D eigenvalue weighted by Gasteiger charge is 2.08. The predicted molar refractivity (Wildman–Crippen MR) is 86.1 cm³/mol. The molecule has 1 amide bonds. The molecule has 6 heteroatoms. The summed E-state index contributed by atoms with van der Waals surface area (Å²) in [7, 11) is 0. The molecular formula is C18H18FNO4. The maximum Gasteiger partial charge on any atom is 0.338 e. The fraction of sp³-hybridized carbons (Fsp3) is 0.222.